The van der Waals surface area contributed by atoms with Gasteiger partial charge in [-0.15, -0.1) is 0 Å². The Hall–Kier alpha value is -2.48. The van der Waals surface area contributed by atoms with Gasteiger partial charge in [0.05, 0.1) is 25.2 Å². The largest absolute Gasteiger partial charge is 0.472 e. The van der Waals surface area contributed by atoms with Gasteiger partial charge in [0.2, 0.25) is 0 Å². The lowest BCUT2D eigenvalue weighted by Crippen LogP contribution is -2.08. The molecule has 5 nitrogen and oxygen atoms in total. The molecule has 0 saturated heterocycles. The van der Waals surface area contributed by atoms with Gasteiger partial charge in [0.15, 0.2) is 11.3 Å². The number of fused-ring (bicyclic) bond motifs is 1. The van der Waals surface area contributed by atoms with Gasteiger partial charge >= 0.3 is 12.1 Å². The molecular weight excluding hydrogens is 337 g/mol. The van der Waals surface area contributed by atoms with Gasteiger partial charge in [-0.2, -0.15) is 13.2 Å². The molecule has 120 valence electrons. The van der Waals surface area contributed by atoms with Crippen molar-refractivity contribution in [1.82, 2.24) is 9.38 Å². The van der Waals surface area contributed by atoms with Crippen LogP contribution in [0.15, 0.2) is 35.3 Å². The van der Waals surface area contributed by atoms with Crippen LogP contribution < -0.4 is 0 Å². The monoisotopic (exact) mass is 344 g/mol. The highest BCUT2D eigenvalue weighted by molar-refractivity contribution is 6.32. The maximum Gasteiger partial charge on any atom is 0.420 e. The third kappa shape index (κ3) is 2.55. The Kier molecular flexibility index (Phi) is 3.56. The van der Waals surface area contributed by atoms with Crippen LogP contribution in [0.1, 0.15) is 16.1 Å². The number of carbonyl (C=O) groups is 1. The molecule has 9 heteroatoms. The molecule has 0 aromatic carbocycles. The number of hydrogen-bond acceptors (Lipinski definition) is 4. The number of aromatic nitrogens is 2. The van der Waals surface area contributed by atoms with E-state index in [1.54, 1.807) is 0 Å². The molecule has 3 aromatic rings. The molecule has 0 fully saturated rings. The summed E-state index contributed by atoms with van der Waals surface area (Å²) in [6.45, 7) is 0. The molecule has 0 atom stereocenters. The summed E-state index contributed by atoms with van der Waals surface area (Å²) in [5, 5.41) is -0.261. The van der Waals surface area contributed by atoms with Crippen LogP contribution >= 0.6 is 11.6 Å². The number of furan rings is 1. The molecule has 0 radical (unpaired) electrons. The van der Waals surface area contributed by atoms with Crippen LogP contribution in [0.25, 0.3) is 16.8 Å². The molecule has 3 rings (SSSR count). The van der Waals surface area contributed by atoms with E-state index in [1.807, 2.05) is 0 Å². The predicted molar refractivity (Wildman–Crippen MR) is 74.2 cm³/mol. The number of carbonyl (C=O) groups excluding carboxylic acids is 1. The highest BCUT2D eigenvalue weighted by Crippen LogP contribution is 2.37. The van der Waals surface area contributed by atoms with Crippen molar-refractivity contribution >= 4 is 23.2 Å². The summed E-state index contributed by atoms with van der Waals surface area (Å²) < 4.78 is 50.3. The number of imidazole rings is 1. The fraction of sp³-hybridized carbons (Fsp3) is 0.143. The highest BCUT2D eigenvalue weighted by atomic mass is 35.5. The summed E-state index contributed by atoms with van der Waals surface area (Å²) in [4.78, 5) is 15.3. The fourth-order valence-electron chi connectivity index (χ4n) is 2.14. The molecule has 3 aromatic heterocycles. The number of esters is 1. The van der Waals surface area contributed by atoms with E-state index < -0.39 is 23.4 Å². The Morgan fingerprint density at radius 2 is 2.13 bits per heavy atom. The van der Waals surface area contributed by atoms with E-state index in [9.17, 15) is 18.0 Å². The van der Waals surface area contributed by atoms with Crippen molar-refractivity contribution < 1.29 is 27.1 Å². The average molecular weight is 345 g/mol. The van der Waals surface area contributed by atoms with Crippen LogP contribution in [0.3, 0.4) is 0 Å². The molecule has 0 spiro atoms. The molecule has 23 heavy (non-hydrogen) atoms. The number of alkyl halides is 3. The lowest BCUT2D eigenvalue weighted by molar-refractivity contribution is -0.136. The number of nitrogens with zero attached hydrogens (tertiary/aromatic N) is 2. The third-order valence-corrected chi connectivity index (χ3v) is 3.56. The number of methoxy groups -OCH3 is 1. The van der Waals surface area contributed by atoms with Gasteiger partial charge in [-0.25, -0.2) is 9.78 Å². The molecule has 0 aliphatic carbocycles. The number of hydrogen-bond donors (Lipinski definition) is 0. The molecule has 0 saturated carbocycles. The van der Waals surface area contributed by atoms with Crippen LogP contribution in [0.2, 0.25) is 5.15 Å². The molecule has 0 amide bonds. The zero-order valence-electron chi connectivity index (χ0n) is 11.5. The number of halogens is 4. The van der Waals surface area contributed by atoms with Crippen molar-refractivity contribution in [3.8, 4) is 11.1 Å². The lowest BCUT2D eigenvalue weighted by Gasteiger charge is -2.10. The predicted octanol–water partition coefficient (Wildman–Crippen LogP) is 4.05. The van der Waals surface area contributed by atoms with E-state index in [0.717, 1.165) is 17.6 Å². The van der Waals surface area contributed by atoms with E-state index in [1.165, 1.54) is 24.8 Å². The van der Waals surface area contributed by atoms with Crippen LogP contribution in [0, 0.1) is 0 Å². The van der Waals surface area contributed by atoms with Crippen molar-refractivity contribution in [1.29, 1.82) is 0 Å². The summed E-state index contributed by atoms with van der Waals surface area (Å²) >= 11 is 6.00. The van der Waals surface area contributed by atoms with Crippen LogP contribution in [-0.2, 0) is 10.9 Å². The van der Waals surface area contributed by atoms with Crippen LogP contribution in [0.5, 0.6) is 0 Å². The first-order chi connectivity index (χ1) is 10.8. The first-order valence-corrected chi connectivity index (χ1v) is 6.60. The standard InChI is InChI=1S/C14H8ClF3N2O3/c1-22-13(21)10-11(15)20-5-8(7-2-3-23-6-7)4-9(12(20)19-10)14(16,17)18/h2-6H,1H3. The molecule has 3 heterocycles. The maximum absolute atomic E-state index is 13.3. The van der Waals surface area contributed by atoms with E-state index >= 15 is 0 Å². The minimum Gasteiger partial charge on any atom is -0.472 e. The molecule has 0 unspecified atom stereocenters. The Balaban J connectivity index is 2.35. The molecule has 0 aliphatic heterocycles. The molecular formula is C14H8ClF3N2O3. The van der Waals surface area contributed by atoms with Gasteiger partial charge in [-0.05, 0) is 12.1 Å². The minimum absolute atomic E-state index is 0.217. The van der Waals surface area contributed by atoms with Crippen molar-refractivity contribution in [2.75, 3.05) is 7.11 Å². The van der Waals surface area contributed by atoms with Crippen molar-refractivity contribution in [2.45, 2.75) is 6.18 Å². The van der Waals surface area contributed by atoms with Crippen LogP contribution in [-0.4, -0.2) is 22.5 Å². The summed E-state index contributed by atoms with van der Waals surface area (Å²) in [6, 6.07) is 2.43. The number of ether oxygens (including phenoxy) is 1. The molecule has 0 N–H and O–H groups in total. The normalized spacial score (nSPS) is 11.9. The van der Waals surface area contributed by atoms with Crippen molar-refractivity contribution in [3.05, 3.63) is 47.3 Å². The van der Waals surface area contributed by atoms with E-state index in [2.05, 4.69) is 9.72 Å². The SMILES string of the molecule is COC(=O)c1nc2c(C(F)(F)F)cc(-c3ccoc3)cn2c1Cl. The minimum atomic E-state index is -4.68. The van der Waals surface area contributed by atoms with Gasteiger partial charge in [-0.1, -0.05) is 11.6 Å². The Bertz CT molecular complexity index is 885. The number of rotatable bonds is 2. The smallest absolute Gasteiger partial charge is 0.420 e. The fourth-order valence-corrected chi connectivity index (χ4v) is 2.39. The van der Waals surface area contributed by atoms with E-state index in [-0.39, 0.29) is 16.4 Å². The zero-order chi connectivity index (χ0) is 16.8. The summed E-state index contributed by atoms with van der Waals surface area (Å²) in [5.41, 5.74) is -1.23. The first-order valence-electron chi connectivity index (χ1n) is 6.22. The van der Waals surface area contributed by atoms with Crippen molar-refractivity contribution in [3.63, 3.8) is 0 Å². The Morgan fingerprint density at radius 1 is 1.39 bits per heavy atom. The zero-order valence-corrected chi connectivity index (χ0v) is 12.3. The van der Waals surface area contributed by atoms with Gasteiger partial charge in [0.1, 0.15) is 5.15 Å². The Labute approximate surface area is 132 Å². The highest BCUT2D eigenvalue weighted by Gasteiger charge is 2.36. The summed E-state index contributed by atoms with van der Waals surface area (Å²) in [5.74, 6) is -0.920. The second-order valence-electron chi connectivity index (χ2n) is 4.59. The quantitative estimate of drug-likeness (QED) is 0.658. The topological polar surface area (TPSA) is 56.7 Å². The maximum atomic E-state index is 13.3. The average Bonchev–Trinajstić information content (AvgIpc) is 3.13. The van der Waals surface area contributed by atoms with E-state index in [0.29, 0.717) is 5.56 Å². The summed E-state index contributed by atoms with van der Waals surface area (Å²) in [7, 11) is 1.09. The van der Waals surface area contributed by atoms with Gasteiger partial charge in [0.25, 0.3) is 0 Å². The lowest BCUT2D eigenvalue weighted by atomic mass is 10.1. The van der Waals surface area contributed by atoms with E-state index in [4.69, 9.17) is 16.0 Å². The second kappa shape index (κ2) is 5.31. The molecule has 0 aliphatic rings. The van der Waals surface area contributed by atoms with Gasteiger partial charge < -0.3 is 9.15 Å². The Morgan fingerprint density at radius 3 is 2.70 bits per heavy atom. The first kappa shape index (κ1) is 15.4. The third-order valence-electron chi connectivity index (χ3n) is 3.20. The van der Waals surface area contributed by atoms with Crippen molar-refractivity contribution in [2.24, 2.45) is 0 Å². The molecule has 0 bridgehead atoms. The van der Waals surface area contributed by atoms with Crippen LogP contribution in [0.4, 0.5) is 13.2 Å². The summed E-state index contributed by atoms with van der Waals surface area (Å²) in [6.07, 6.45) is -0.699. The van der Waals surface area contributed by atoms with Gasteiger partial charge in [-0.3, -0.25) is 4.40 Å². The second-order valence-corrected chi connectivity index (χ2v) is 4.95. The van der Waals surface area contributed by atoms with Gasteiger partial charge in [0, 0.05) is 17.3 Å². The number of pyridine rings is 1.